The zero-order valence-electron chi connectivity index (χ0n) is 11.9. The number of halogens is 1. The van der Waals surface area contributed by atoms with E-state index in [0.29, 0.717) is 16.6 Å². The van der Waals surface area contributed by atoms with Crippen molar-refractivity contribution in [2.75, 3.05) is 7.05 Å². The van der Waals surface area contributed by atoms with Gasteiger partial charge >= 0.3 is 5.97 Å². The molecule has 0 aromatic heterocycles. The Morgan fingerprint density at radius 3 is 2.55 bits per heavy atom. The van der Waals surface area contributed by atoms with Crippen molar-refractivity contribution in [2.24, 2.45) is 0 Å². The molecule has 6 heteroatoms. The van der Waals surface area contributed by atoms with Gasteiger partial charge in [-0.25, -0.2) is 0 Å². The summed E-state index contributed by atoms with van der Waals surface area (Å²) in [5.41, 5.74) is 1.41. The highest BCUT2D eigenvalue weighted by Gasteiger charge is 2.21. The Balaban J connectivity index is 2.21. The number of phenols is 1. The number of carboxylic acid groups (broad SMARTS) is 1. The summed E-state index contributed by atoms with van der Waals surface area (Å²) in [5, 5.41) is 21.9. The van der Waals surface area contributed by atoms with E-state index in [9.17, 15) is 9.90 Å². The molecule has 0 radical (unpaired) electrons. The van der Waals surface area contributed by atoms with Gasteiger partial charge in [-0.15, -0.1) is 0 Å². The molecule has 3 N–H and O–H groups in total. The van der Waals surface area contributed by atoms with Gasteiger partial charge in [0.05, 0.1) is 4.47 Å². The van der Waals surface area contributed by atoms with Gasteiger partial charge in [0.15, 0.2) is 11.5 Å². The van der Waals surface area contributed by atoms with Crippen molar-refractivity contribution in [3.8, 4) is 11.5 Å². The number of carbonyl (C=O) groups is 1. The molecule has 1 atom stereocenters. The first-order valence-corrected chi connectivity index (χ1v) is 7.41. The largest absolute Gasteiger partial charge is 0.504 e. The minimum Gasteiger partial charge on any atom is -0.504 e. The summed E-state index contributed by atoms with van der Waals surface area (Å²) in [6, 6.07) is 11.7. The highest BCUT2D eigenvalue weighted by molar-refractivity contribution is 9.10. The van der Waals surface area contributed by atoms with Crippen LogP contribution < -0.4 is 10.1 Å². The van der Waals surface area contributed by atoms with Crippen LogP contribution in [0, 0.1) is 0 Å². The topological polar surface area (TPSA) is 78.8 Å². The number of benzene rings is 2. The van der Waals surface area contributed by atoms with E-state index >= 15 is 0 Å². The van der Waals surface area contributed by atoms with E-state index in [1.165, 1.54) is 6.07 Å². The van der Waals surface area contributed by atoms with Crippen LogP contribution in [0.15, 0.2) is 46.9 Å². The number of aromatic hydroxyl groups is 1. The van der Waals surface area contributed by atoms with Gasteiger partial charge in [0.1, 0.15) is 12.6 Å². The Kier molecular flexibility index (Phi) is 5.41. The molecule has 22 heavy (non-hydrogen) atoms. The Morgan fingerprint density at radius 2 is 2.00 bits per heavy atom. The van der Waals surface area contributed by atoms with Gasteiger partial charge in [-0.1, -0.05) is 30.3 Å². The molecule has 0 fully saturated rings. The standard InChI is InChI=1S/C16H16BrNO4/c1-18-14(16(20)21)11-7-12(17)15(13(19)8-11)22-9-10-5-3-2-4-6-10/h2-8,14,18-19H,9H2,1H3,(H,20,21). The van der Waals surface area contributed by atoms with Crippen LogP contribution in [0.2, 0.25) is 0 Å². The molecule has 0 aliphatic heterocycles. The third kappa shape index (κ3) is 3.78. The van der Waals surface area contributed by atoms with Crippen molar-refractivity contribution in [1.82, 2.24) is 5.32 Å². The number of hydrogen-bond donors (Lipinski definition) is 3. The number of nitrogens with one attached hydrogen (secondary N) is 1. The van der Waals surface area contributed by atoms with Gasteiger partial charge in [-0.3, -0.25) is 4.79 Å². The fraction of sp³-hybridized carbons (Fsp3) is 0.188. The predicted molar refractivity (Wildman–Crippen MR) is 86.0 cm³/mol. The first-order chi connectivity index (χ1) is 10.5. The lowest BCUT2D eigenvalue weighted by Crippen LogP contribution is -2.24. The summed E-state index contributed by atoms with van der Waals surface area (Å²) in [6.07, 6.45) is 0. The van der Waals surface area contributed by atoms with Gasteiger partial charge in [-0.05, 0) is 46.2 Å². The predicted octanol–water partition coefficient (Wildman–Crippen LogP) is 3.08. The van der Waals surface area contributed by atoms with Crippen molar-refractivity contribution in [3.63, 3.8) is 0 Å². The molecule has 116 valence electrons. The summed E-state index contributed by atoms with van der Waals surface area (Å²) in [6.45, 7) is 0.306. The molecule has 5 nitrogen and oxygen atoms in total. The van der Waals surface area contributed by atoms with E-state index in [1.54, 1.807) is 13.1 Å². The summed E-state index contributed by atoms with van der Waals surface area (Å²) < 4.78 is 6.12. The van der Waals surface area contributed by atoms with Crippen molar-refractivity contribution >= 4 is 21.9 Å². The summed E-state index contributed by atoms with van der Waals surface area (Å²) >= 11 is 3.31. The minimum absolute atomic E-state index is 0.109. The van der Waals surface area contributed by atoms with Crippen LogP contribution in [0.25, 0.3) is 0 Å². The van der Waals surface area contributed by atoms with E-state index in [-0.39, 0.29) is 11.5 Å². The molecule has 0 aliphatic rings. The third-order valence-corrected chi connectivity index (χ3v) is 3.73. The van der Waals surface area contributed by atoms with Gasteiger partial charge in [0.2, 0.25) is 0 Å². The Hall–Kier alpha value is -2.05. The van der Waals surface area contributed by atoms with Crippen LogP contribution in [0.1, 0.15) is 17.2 Å². The van der Waals surface area contributed by atoms with E-state index in [4.69, 9.17) is 9.84 Å². The quantitative estimate of drug-likeness (QED) is 0.732. The second kappa shape index (κ2) is 7.29. The van der Waals surface area contributed by atoms with Gasteiger partial charge in [0.25, 0.3) is 0 Å². The third-order valence-electron chi connectivity index (χ3n) is 3.14. The summed E-state index contributed by atoms with van der Waals surface area (Å²) in [7, 11) is 1.55. The highest BCUT2D eigenvalue weighted by atomic mass is 79.9. The Labute approximate surface area is 136 Å². The van der Waals surface area contributed by atoms with Crippen LogP contribution in [-0.2, 0) is 11.4 Å². The normalized spacial score (nSPS) is 11.9. The average molecular weight is 366 g/mol. The lowest BCUT2D eigenvalue weighted by atomic mass is 10.1. The molecular formula is C16H16BrNO4. The molecule has 0 saturated heterocycles. The van der Waals surface area contributed by atoms with Gasteiger partial charge in [-0.2, -0.15) is 0 Å². The maximum atomic E-state index is 11.2. The van der Waals surface area contributed by atoms with Crippen LogP contribution in [0.3, 0.4) is 0 Å². The molecule has 0 spiro atoms. The SMILES string of the molecule is CNC(C(=O)O)c1cc(O)c(OCc2ccccc2)c(Br)c1. The summed E-state index contributed by atoms with van der Waals surface area (Å²) in [4.78, 5) is 11.2. The second-order valence-electron chi connectivity index (χ2n) is 4.69. The average Bonchev–Trinajstić information content (AvgIpc) is 2.48. The fourth-order valence-corrected chi connectivity index (χ4v) is 2.65. The first kappa shape index (κ1) is 16.3. The lowest BCUT2D eigenvalue weighted by molar-refractivity contribution is -0.139. The van der Waals surface area contributed by atoms with Crippen molar-refractivity contribution in [1.29, 1.82) is 0 Å². The number of ether oxygens (including phenoxy) is 1. The van der Waals surface area contributed by atoms with E-state index in [0.717, 1.165) is 5.56 Å². The molecule has 0 aliphatic carbocycles. The first-order valence-electron chi connectivity index (χ1n) is 6.62. The Morgan fingerprint density at radius 1 is 1.32 bits per heavy atom. The molecule has 0 bridgehead atoms. The van der Waals surface area contributed by atoms with Gasteiger partial charge in [0, 0.05) is 0 Å². The molecule has 0 saturated carbocycles. The number of rotatable bonds is 6. The number of carboxylic acids is 1. The van der Waals surface area contributed by atoms with Crippen LogP contribution in [0.5, 0.6) is 11.5 Å². The number of aliphatic carboxylic acids is 1. The Bertz CT molecular complexity index is 637. The van der Waals surface area contributed by atoms with Crippen LogP contribution in [-0.4, -0.2) is 23.2 Å². The van der Waals surface area contributed by atoms with E-state index < -0.39 is 12.0 Å². The molecule has 0 amide bonds. The smallest absolute Gasteiger partial charge is 0.325 e. The van der Waals surface area contributed by atoms with Crippen molar-refractivity contribution in [2.45, 2.75) is 12.6 Å². The molecule has 2 aromatic rings. The zero-order valence-corrected chi connectivity index (χ0v) is 13.5. The molecule has 0 heterocycles. The number of likely N-dealkylation sites (N-methyl/N-ethyl adjacent to an activating group) is 1. The zero-order chi connectivity index (χ0) is 16.1. The van der Waals surface area contributed by atoms with E-state index in [1.807, 2.05) is 30.3 Å². The molecule has 2 aromatic carbocycles. The van der Waals surface area contributed by atoms with E-state index in [2.05, 4.69) is 21.2 Å². The molecule has 2 rings (SSSR count). The number of hydrogen-bond acceptors (Lipinski definition) is 4. The molecular weight excluding hydrogens is 350 g/mol. The monoisotopic (exact) mass is 365 g/mol. The lowest BCUT2D eigenvalue weighted by Gasteiger charge is -2.15. The maximum Gasteiger partial charge on any atom is 0.325 e. The molecule has 1 unspecified atom stereocenters. The highest BCUT2D eigenvalue weighted by Crippen LogP contribution is 2.37. The number of phenolic OH excluding ortho intramolecular Hbond substituents is 1. The second-order valence-corrected chi connectivity index (χ2v) is 5.54. The minimum atomic E-state index is -1.02. The summed E-state index contributed by atoms with van der Waals surface area (Å²) in [5.74, 6) is -0.846. The maximum absolute atomic E-state index is 11.2. The van der Waals surface area contributed by atoms with Crippen molar-refractivity contribution < 1.29 is 19.7 Å². The van der Waals surface area contributed by atoms with Crippen LogP contribution in [0.4, 0.5) is 0 Å². The van der Waals surface area contributed by atoms with Crippen LogP contribution >= 0.6 is 15.9 Å². The van der Waals surface area contributed by atoms with Gasteiger partial charge < -0.3 is 20.3 Å². The van der Waals surface area contributed by atoms with Crippen molar-refractivity contribution in [3.05, 3.63) is 58.1 Å². The fourth-order valence-electron chi connectivity index (χ4n) is 2.07.